The van der Waals surface area contributed by atoms with Crippen LogP contribution in [0, 0.1) is 11.6 Å². The lowest BCUT2D eigenvalue weighted by molar-refractivity contribution is 0.102. The molecule has 0 unspecified atom stereocenters. The predicted octanol–water partition coefficient (Wildman–Crippen LogP) is 6.38. The molecule has 30 heavy (non-hydrogen) atoms. The number of alkyl halides is 1. The highest BCUT2D eigenvalue weighted by Gasteiger charge is 2.15. The summed E-state index contributed by atoms with van der Waals surface area (Å²) in [6.07, 6.45) is 0.648. The Morgan fingerprint density at radius 1 is 1.13 bits per heavy atom. The van der Waals surface area contributed by atoms with Crippen molar-refractivity contribution >= 4 is 34.0 Å². The number of benzene rings is 2. The number of hydrogen-bond donors (Lipinski definition) is 1. The molecule has 158 valence electrons. The van der Waals surface area contributed by atoms with E-state index in [9.17, 15) is 13.6 Å². The Morgan fingerprint density at radius 3 is 2.43 bits per heavy atom. The van der Waals surface area contributed by atoms with Crippen molar-refractivity contribution in [1.29, 1.82) is 0 Å². The van der Waals surface area contributed by atoms with Gasteiger partial charge >= 0.3 is 0 Å². The van der Waals surface area contributed by atoms with Crippen molar-refractivity contribution in [3.63, 3.8) is 0 Å². The number of carbonyl (C=O) groups excluding carboxylic acids is 1. The first-order valence-corrected chi connectivity index (χ1v) is 10.5. The number of aromatic nitrogens is 1. The fourth-order valence-corrected chi connectivity index (χ4v) is 3.40. The molecule has 0 spiro atoms. The average Bonchev–Trinajstić information content (AvgIpc) is 3.14. The Balaban J connectivity index is 1.89. The van der Waals surface area contributed by atoms with Gasteiger partial charge in [-0.25, -0.2) is 13.8 Å². The maximum atomic E-state index is 13.5. The van der Waals surface area contributed by atoms with E-state index in [4.69, 9.17) is 21.1 Å². The first-order valence-electron chi connectivity index (χ1n) is 9.13. The third-order valence-corrected chi connectivity index (χ3v) is 5.12. The lowest BCUT2D eigenvalue weighted by atomic mass is 10.2. The van der Waals surface area contributed by atoms with Gasteiger partial charge in [-0.15, -0.1) is 22.9 Å². The number of nitrogens with one attached hydrogen (secondary N) is 1. The highest BCUT2D eigenvalue weighted by Crippen LogP contribution is 2.30. The molecule has 1 amide bonds. The van der Waals surface area contributed by atoms with Crippen molar-refractivity contribution in [1.82, 2.24) is 4.98 Å². The zero-order chi connectivity index (χ0) is 21.7. The Morgan fingerprint density at radius 2 is 1.80 bits per heavy atom. The van der Waals surface area contributed by atoms with E-state index >= 15 is 0 Å². The van der Waals surface area contributed by atoms with Crippen LogP contribution in [0.4, 0.5) is 13.9 Å². The lowest BCUT2D eigenvalue weighted by Crippen LogP contribution is -2.14. The molecule has 0 aliphatic carbocycles. The van der Waals surface area contributed by atoms with Gasteiger partial charge in [0.2, 0.25) is 0 Å². The standard InChI is InChI=1S/C21H19ClF2N2O3S/c1-3-12(2)28-17-4-13(20(27)26-21-25-16(10-22)11-30-21)5-18(9-17)29-19-7-14(23)6-15(24)8-19/h4-9,11-12H,3,10H2,1-2H3,(H,25,26,27)/t12-/m0/s1. The second-order valence-corrected chi connectivity index (χ2v) is 7.59. The van der Waals surface area contributed by atoms with E-state index in [2.05, 4.69) is 10.3 Å². The molecule has 0 radical (unpaired) electrons. The van der Waals surface area contributed by atoms with Crippen LogP contribution in [-0.4, -0.2) is 17.0 Å². The minimum Gasteiger partial charge on any atom is -0.491 e. The Hall–Kier alpha value is -2.71. The molecule has 3 aromatic rings. The SMILES string of the molecule is CC[C@H](C)Oc1cc(Oc2cc(F)cc(F)c2)cc(C(=O)Nc2nc(CCl)cs2)c1. The van der Waals surface area contributed by atoms with Crippen molar-refractivity contribution in [3.8, 4) is 17.2 Å². The van der Waals surface area contributed by atoms with Crippen LogP contribution in [0.1, 0.15) is 36.3 Å². The largest absolute Gasteiger partial charge is 0.491 e. The molecule has 5 nitrogen and oxygen atoms in total. The molecule has 1 heterocycles. The van der Waals surface area contributed by atoms with Crippen molar-refractivity contribution in [3.05, 3.63) is 64.7 Å². The Kier molecular flexibility index (Phi) is 7.23. The van der Waals surface area contributed by atoms with Gasteiger partial charge in [0.1, 0.15) is 28.9 Å². The smallest absolute Gasteiger partial charge is 0.257 e. The van der Waals surface area contributed by atoms with Gasteiger partial charge in [-0.05, 0) is 25.5 Å². The fourth-order valence-electron chi connectivity index (χ4n) is 2.46. The predicted molar refractivity (Wildman–Crippen MR) is 113 cm³/mol. The van der Waals surface area contributed by atoms with E-state index in [1.165, 1.54) is 17.4 Å². The molecule has 1 aromatic heterocycles. The van der Waals surface area contributed by atoms with E-state index in [1.807, 2.05) is 13.8 Å². The van der Waals surface area contributed by atoms with E-state index in [0.717, 1.165) is 24.6 Å². The first-order chi connectivity index (χ1) is 14.4. The number of rotatable bonds is 8. The third-order valence-electron chi connectivity index (χ3n) is 4.04. The first kappa shape index (κ1) is 22.0. The van der Waals surface area contributed by atoms with Crippen LogP contribution in [-0.2, 0) is 5.88 Å². The van der Waals surface area contributed by atoms with Gasteiger partial charge in [0.15, 0.2) is 5.13 Å². The number of carbonyl (C=O) groups is 1. The normalized spacial score (nSPS) is 11.8. The monoisotopic (exact) mass is 452 g/mol. The second-order valence-electron chi connectivity index (χ2n) is 6.47. The summed E-state index contributed by atoms with van der Waals surface area (Å²) in [5, 5.41) is 4.85. The molecular formula is C21H19ClF2N2O3S. The minimum absolute atomic E-state index is 0.0359. The van der Waals surface area contributed by atoms with Crippen LogP contribution in [0.15, 0.2) is 41.8 Å². The van der Waals surface area contributed by atoms with Gasteiger partial charge in [0, 0.05) is 35.2 Å². The summed E-state index contributed by atoms with van der Waals surface area (Å²) in [6.45, 7) is 3.85. The summed E-state index contributed by atoms with van der Waals surface area (Å²) in [5.74, 6) is -1.17. The van der Waals surface area contributed by atoms with Crippen molar-refractivity contribution in [2.24, 2.45) is 0 Å². The summed E-state index contributed by atoms with van der Waals surface area (Å²) in [6, 6.07) is 7.43. The number of amides is 1. The minimum atomic E-state index is -0.770. The summed E-state index contributed by atoms with van der Waals surface area (Å²) in [4.78, 5) is 16.9. The van der Waals surface area contributed by atoms with E-state index < -0.39 is 17.5 Å². The molecule has 0 saturated heterocycles. The molecule has 0 aliphatic rings. The maximum absolute atomic E-state index is 13.5. The van der Waals surface area contributed by atoms with Crippen molar-refractivity contribution < 1.29 is 23.0 Å². The quantitative estimate of drug-likeness (QED) is 0.403. The van der Waals surface area contributed by atoms with Crippen LogP contribution in [0.25, 0.3) is 0 Å². The number of thiazole rings is 1. The number of halogens is 3. The second kappa shape index (κ2) is 9.86. The molecule has 9 heteroatoms. The highest BCUT2D eigenvalue weighted by molar-refractivity contribution is 7.14. The van der Waals surface area contributed by atoms with Crippen molar-refractivity contribution in [2.75, 3.05) is 5.32 Å². The van der Waals surface area contributed by atoms with E-state index in [0.29, 0.717) is 16.6 Å². The zero-order valence-corrected chi connectivity index (χ0v) is 17.8. The number of hydrogen-bond acceptors (Lipinski definition) is 5. The summed E-state index contributed by atoms with van der Waals surface area (Å²) < 4.78 is 38.4. The Bertz CT molecular complexity index is 1020. The van der Waals surface area contributed by atoms with Gasteiger partial charge in [-0.1, -0.05) is 6.92 Å². The number of nitrogens with zero attached hydrogens (tertiary/aromatic N) is 1. The van der Waals surface area contributed by atoms with Gasteiger partial charge < -0.3 is 9.47 Å². The molecule has 0 aliphatic heterocycles. The summed E-state index contributed by atoms with van der Waals surface area (Å²) in [5.41, 5.74) is 0.897. The lowest BCUT2D eigenvalue weighted by Gasteiger charge is -2.15. The summed E-state index contributed by atoms with van der Waals surface area (Å²) >= 11 is 6.99. The van der Waals surface area contributed by atoms with Gasteiger partial charge in [-0.3, -0.25) is 10.1 Å². The molecule has 3 rings (SSSR count). The van der Waals surface area contributed by atoms with Crippen molar-refractivity contribution in [2.45, 2.75) is 32.3 Å². The number of ether oxygens (including phenoxy) is 2. The average molecular weight is 453 g/mol. The fraction of sp³-hybridized carbons (Fsp3) is 0.238. The van der Waals surface area contributed by atoms with Crippen LogP contribution < -0.4 is 14.8 Å². The maximum Gasteiger partial charge on any atom is 0.257 e. The van der Waals surface area contributed by atoms with Crippen LogP contribution in [0.2, 0.25) is 0 Å². The van der Waals surface area contributed by atoms with E-state index in [1.54, 1.807) is 17.5 Å². The molecule has 2 aromatic carbocycles. The van der Waals surface area contributed by atoms with Crippen LogP contribution >= 0.6 is 22.9 Å². The third kappa shape index (κ3) is 5.90. The Labute approximate surface area is 181 Å². The van der Waals surface area contributed by atoms with Gasteiger partial charge in [0.25, 0.3) is 5.91 Å². The zero-order valence-electron chi connectivity index (χ0n) is 16.2. The molecule has 0 fully saturated rings. The molecule has 1 atom stereocenters. The van der Waals surface area contributed by atoms with Gasteiger partial charge in [-0.2, -0.15) is 0 Å². The topological polar surface area (TPSA) is 60.5 Å². The van der Waals surface area contributed by atoms with Crippen LogP contribution in [0.5, 0.6) is 17.2 Å². The van der Waals surface area contributed by atoms with Gasteiger partial charge in [0.05, 0.1) is 17.7 Å². The van der Waals surface area contributed by atoms with E-state index in [-0.39, 0.29) is 29.0 Å². The number of anilines is 1. The van der Waals surface area contributed by atoms with Crippen LogP contribution in [0.3, 0.4) is 0 Å². The summed E-state index contributed by atoms with van der Waals surface area (Å²) in [7, 11) is 0. The molecule has 1 N–H and O–H groups in total. The molecule has 0 saturated carbocycles. The highest BCUT2D eigenvalue weighted by atomic mass is 35.5. The molecule has 0 bridgehead atoms. The molecular weight excluding hydrogens is 434 g/mol.